The molecule has 0 amide bonds. The molecule has 0 bridgehead atoms. The van der Waals surface area contributed by atoms with Crippen molar-refractivity contribution in [3.8, 4) is 16.9 Å². The van der Waals surface area contributed by atoms with Crippen LogP contribution in [-0.2, 0) is 18.8 Å². The summed E-state index contributed by atoms with van der Waals surface area (Å²) in [7, 11) is 0. The molecule has 1 aliphatic heterocycles. The summed E-state index contributed by atoms with van der Waals surface area (Å²) >= 11 is 5.74. The zero-order valence-corrected chi connectivity index (χ0v) is 15.3. The second kappa shape index (κ2) is 6.69. The Balaban J connectivity index is 1.91. The van der Waals surface area contributed by atoms with Crippen LogP contribution in [0.15, 0.2) is 42.5 Å². The first-order valence-electron chi connectivity index (χ1n) is 8.46. The second-order valence-corrected chi connectivity index (χ2v) is 6.94. The molecule has 0 aliphatic carbocycles. The molecule has 0 radical (unpaired) electrons. The third kappa shape index (κ3) is 3.55. The average Bonchev–Trinajstić information content (AvgIpc) is 3.23. The van der Waals surface area contributed by atoms with Gasteiger partial charge in [-0.25, -0.2) is 4.68 Å². The smallest absolute Gasteiger partial charge is 0.369 e. The van der Waals surface area contributed by atoms with E-state index in [4.69, 9.17) is 11.6 Å². The molecule has 0 spiro atoms. The van der Waals surface area contributed by atoms with E-state index in [1.165, 1.54) is 24.3 Å². The Bertz CT molecular complexity index is 1080. The minimum absolute atomic E-state index is 0.0871. The van der Waals surface area contributed by atoms with Crippen LogP contribution in [0.4, 0.5) is 32.2 Å². The van der Waals surface area contributed by atoms with Gasteiger partial charge in [0.15, 0.2) is 0 Å². The van der Waals surface area contributed by atoms with Crippen molar-refractivity contribution in [2.24, 2.45) is 0 Å². The van der Waals surface area contributed by atoms with Gasteiger partial charge in [-0.15, -0.1) is 0 Å². The van der Waals surface area contributed by atoms with E-state index in [9.17, 15) is 26.3 Å². The molecule has 2 heterocycles. The topological polar surface area (TPSA) is 29.9 Å². The SMILES string of the molecule is FC(F)(F)c1cccc(-c2nn(-c3ccc(Cl)cc3C(F)(F)F)c3c2CCN3)c1. The van der Waals surface area contributed by atoms with E-state index < -0.39 is 23.5 Å². The Labute approximate surface area is 165 Å². The fraction of sp³-hybridized carbons (Fsp3) is 0.211. The van der Waals surface area contributed by atoms with Gasteiger partial charge < -0.3 is 5.32 Å². The molecule has 0 fully saturated rings. The van der Waals surface area contributed by atoms with E-state index in [0.717, 1.165) is 22.9 Å². The van der Waals surface area contributed by atoms with Gasteiger partial charge in [0.2, 0.25) is 0 Å². The molecule has 0 saturated heterocycles. The summed E-state index contributed by atoms with van der Waals surface area (Å²) < 4.78 is 80.9. The lowest BCUT2D eigenvalue weighted by molar-refractivity contribution is -0.138. The normalized spacial score (nSPS) is 14.0. The van der Waals surface area contributed by atoms with Crippen LogP contribution in [-0.4, -0.2) is 16.3 Å². The first-order chi connectivity index (χ1) is 13.6. The number of alkyl halides is 6. The minimum Gasteiger partial charge on any atom is -0.369 e. The molecular weight excluding hydrogens is 420 g/mol. The second-order valence-electron chi connectivity index (χ2n) is 6.50. The summed E-state index contributed by atoms with van der Waals surface area (Å²) in [6.07, 6.45) is -8.80. The van der Waals surface area contributed by atoms with Gasteiger partial charge >= 0.3 is 12.4 Å². The number of anilines is 1. The fourth-order valence-corrected chi connectivity index (χ4v) is 3.52. The fourth-order valence-electron chi connectivity index (χ4n) is 3.34. The predicted molar refractivity (Wildman–Crippen MR) is 96.2 cm³/mol. The molecule has 1 aliphatic rings. The highest BCUT2D eigenvalue weighted by Crippen LogP contribution is 2.41. The van der Waals surface area contributed by atoms with Crippen LogP contribution >= 0.6 is 11.6 Å². The number of fused-ring (bicyclic) bond motifs is 1. The molecule has 2 aromatic carbocycles. The maximum Gasteiger partial charge on any atom is 0.418 e. The summed E-state index contributed by atoms with van der Waals surface area (Å²) in [5.74, 6) is 0.324. The van der Waals surface area contributed by atoms with Crippen molar-refractivity contribution in [1.29, 1.82) is 0 Å². The Morgan fingerprint density at radius 3 is 2.41 bits per heavy atom. The van der Waals surface area contributed by atoms with Gasteiger partial charge in [0.05, 0.1) is 22.5 Å². The summed E-state index contributed by atoms with van der Waals surface area (Å²) in [5.41, 5.74) is -1.15. The van der Waals surface area contributed by atoms with Gasteiger partial charge in [-0.2, -0.15) is 31.4 Å². The highest BCUT2D eigenvalue weighted by Gasteiger charge is 2.36. The van der Waals surface area contributed by atoms with Gasteiger partial charge in [-0.05, 0) is 36.8 Å². The molecule has 3 nitrogen and oxygen atoms in total. The van der Waals surface area contributed by atoms with Crippen molar-refractivity contribution in [1.82, 2.24) is 9.78 Å². The number of hydrogen-bond acceptors (Lipinski definition) is 2. The predicted octanol–water partition coefficient (Wildman–Crippen LogP) is 6.20. The zero-order chi connectivity index (χ0) is 21.0. The number of rotatable bonds is 2. The molecule has 3 aromatic rings. The third-order valence-corrected chi connectivity index (χ3v) is 4.84. The van der Waals surface area contributed by atoms with Crippen LogP contribution in [0.2, 0.25) is 5.02 Å². The van der Waals surface area contributed by atoms with Crippen molar-refractivity contribution >= 4 is 17.4 Å². The number of aromatic nitrogens is 2. The number of nitrogens with one attached hydrogen (secondary N) is 1. The van der Waals surface area contributed by atoms with Crippen LogP contribution in [0, 0.1) is 0 Å². The van der Waals surface area contributed by atoms with Crippen LogP contribution < -0.4 is 5.32 Å². The number of hydrogen-bond donors (Lipinski definition) is 1. The highest BCUT2D eigenvalue weighted by molar-refractivity contribution is 6.30. The van der Waals surface area contributed by atoms with Crippen LogP contribution in [0.3, 0.4) is 0 Å². The van der Waals surface area contributed by atoms with Gasteiger partial charge in [0.25, 0.3) is 0 Å². The Morgan fingerprint density at radius 1 is 0.966 bits per heavy atom. The minimum atomic E-state index is -4.69. The molecular formula is C19H12ClF6N3. The van der Waals surface area contributed by atoms with Gasteiger partial charge in [-0.3, -0.25) is 0 Å². The summed E-state index contributed by atoms with van der Waals surface area (Å²) in [5, 5.41) is 7.13. The van der Waals surface area contributed by atoms with Crippen molar-refractivity contribution in [3.05, 3.63) is 64.2 Å². The van der Waals surface area contributed by atoms with E-state index in [2.05, 4.69) is 10.4 Å². The summed E-state index contributed by atoms with van der Waals surface area (Å²) in [6, 6.07) is 7.86. The average molecular weight is 432 g/mol. The van der Waals surface area contributed by atoms with E-state index in [1.807, 2.05) is 0 Å². The highest BCUT2D eigenvalue weighted by atomic mass is 35.5. The first-order valence-corrected chi connectivity index (χ1v) is 8.84. The molecule has 4 rings (SSSR count). The van der Waals surface area contributed by atoms with E-state index in [-0.39, 0.29) is 22.0 Å². The zero-order valence-electron chi connectivity index (χ0n) is 14.5. The molecule has 29 heavy (non-hydrogen) atoms. The van der Waals surface area contributed by atoms with E-state index >= 15 is 0 Å². The van der Waals surface area contributed by atoms with E-state index in [1.54, 1.807) is 0 Å². The van der Waals surface area contributed by atoms with Crippen molar-refractivity contribution in [2.45, 2.75) is 18.8 Å². The first kappa shape index (κ1) is 19.6. The van der Waals surface area contributed by atoms with Crippen molar-refractivity contribution in [3.63, 3.8) is 0 Å². The quantitative estimate of drug-likeness (QED) is 0.490. The monoisotopic (exact) mass is 431 g/mol. The lowest BCUT2D eigenvalue weighted by atomic mass is 10.0. The molecule has 152 valence electrons. The Kier molecular flexibility index (Phi) is 4.53. The van der Waals surface area contributed by atoms with Gasteiger partial charge in [0.1, 0.15) is 5.82 Å². The molecule has 0 saturated carbocycles. The summed E-state index contributed by atoms with van der Waals surface area (Å²) in [4.78, 5) is 0. The Hall–Kier alpha value is -2.68. The van der Waals surface area contributed by atoms with Crippen LogP contribution in [0.1, 0.15) is 16.7 Å². The lowest BCUT2D eigenvalue weighted by Gasteiger charge is -2.15. The van der Waals surface area contributed by atoms with Gasteiger partial charge in [0, 0.05) is 22.7 Å². The molecule has 0 atom stereocenters. The molecule has 0 unspecified atom stereocenters. The number of halogens is 7. The largest absolute Gasteiger partial charge is 0.418 e. The number of nitrogens with zero attached hydrogens (tertiary/aromatic N) is 2. The third-order valence-electron chi connectivity index (χ3n) is 4.61. The van der Waals surface area contributed by atoms with Crippen LogP contribution in [0.5, 0.6) is 0 Å². The van der Waals surface area contributed by atoms with Gasteiger partial charge in [-0.1, -0.05) is 23.7 Å². The Morgan fingerprint density at radius 2 is 1.72 bits per heavy atom. The molecule has 1 aromatic heterocycles. The summed E-state index contributed by atoms with van der Waals surface area (Å²) in [6.45, 7) is 0.439. The van der Waals surface area contributed by atoms with Crippen molar-refractivity contribution in [2.75, 3.05) is 11.9 Å². The number of benzene rings is 2. The lowest BCUT2D eigenvalue weighted by Crippen LogP contribution is -2.13. The molecule has 1 N–H and O–H groups in total. The maximum absolute atomic E-state index is 13.5. The molecule has 10 heteroatoms. The standard InChI is InChI=1S/C19H12ClF6N3/c20-12-4-5-15(14(9-12)19(24,25)26)29-17-13(6-7-27-17)16(28-29)10-2-1-3-11(8-10)18(21,22)23/h1-5,8-9,27H,6-7H2. The van der Waals surface area contributed by atoms with Crippen molar-refractivity contribution < 1.29 is 26.3 Å². The van der Waals surface area contributed by atoms with Crippen LogP contribution in [0.25, 0.3) is 16.9 Å². The van der Waals surface area contributed by atoms with E-state index in [0.29, 0.717) is 24.3 Å². The maximum atomic E-state index is 13.5.